The molecule has 404 valence electrons. The van der Waals surface area contributed by atoms with E-state index < -0.39 is 81.9 Å². The molecule has 5 N–H and O–H groups in total. The van der Waals surface area contributed by atoms with Gasteiger partial charge in [-0.15, -0.1) is 26.9 Å². The second kappa shape index (κ2) is 33.4. The van der Waals surface area contributed by atoms with Crippen molar-refractivity contribution in [2.75, 3.05) is 49.9 Å². The fourth-order valence-corrected chi connectivity index (χ4v) is 8.53. The number of aromatic nitrogens is 8. The van der Waals surface area contributed by atoms with Crippen LogP contribution in [0.15, 0.2) is 111 Å². The van der Waals surface area contributed by atoms with Gasteiger partial charge in [-0.3, -0.25) is 28.5 Å². The van der Waals surface area contributed by atoms with E-state index >= 15 is 8.78 Å². The normalized spacial score (nSPS) is 20.8. The third kappa shape index (κ3) is 16.6. The number of thiol groups is 1. The van der Waals surface area contributed by atoms with Gasteiger partial charge in [0.25, 0.3) is 11.8 Å². The monoisotopic (exact) mass is 1150 g/mol. The summed E-state index contributed by atoms with van der Waals surface area (Å²) in [7, 11) is -3.83. The van der Waals surface area contributed by atoms with Gasteiger partial charge in [-0.25, -0.2) is 43.9 Å². The van der Waals surface area contributed by atoms with E-state index in [9.17, 15) is 19.3 Å². The number of ether oxygens (including phenoxy) is 2. The number of amides is 2. The summed E-state index contributed by atoms with van der Waals surface area (Å²) in [5.41, 5.74) is 1.94. The van der Waals surface area contributed by atoms with E-state index in [4.69, 9.17) is 40.7 Å². The van der Waals surface area contributed by atoms with Crippen molar-refractivity contribution < 1.29 is 116 Å². The SMILES string of the molecule is C=CCN(C(=O)c1ccccc1)c1ncnc2c1ncn2C1O[C@H](CO)[C@@H](O[P+](=O)O)[C@H]1F.O=[Si-]O.OOOOS.[2H]C[C@H]1OC(n2cnc3c(N(CC=C)C(=O)c4ccccc4)ncnc32)[C@H](F)[C@@H]1OP(C)C.[3H]OC.[Na+]. The first-order valence-electron chi connectivity index (χ1n) is 22.5. The second-order valence-corrected chi connectivity index (χ2v) is 17.7. The molecule has 3 unspecified atom stereocenters. The number of imidazole rings is 2. The maximum Gasteiger partial charge on any atom is 1.00 e. The van der Waals surface area contributed by atoms with Crippen LogP contribution in [0.5, 0.6) is 0 Å². The summed E-state index contributed by atoms with van der Waals surface area (Å²) in [4.78, 5) is 70.8. The van der Waals surface area contributed by atoms with Gasteiger partial charge in [-0.1, -0.05) is 48.6 Å². The van der Waals surface area contributed by atoms with Crippen molar-refractivity contribution in [2.45, 2.75) is 56.1 Å². The number of hydrogen-bond donors (Lipinski definition) is 6. The van der Waals surface area contributed by atoms with E-state index in [2.05, 4.69) is 75.5 Å². The average Bonchev–Trinajstić information content (AvgIpc) is 4.25. The van der Waals surface area contributed by atoms with Crippen molar-refractivity contribution in [3.8, 4) is 0 Å². The number of aliphatic hydroxyl groups excluding tert-OH is 2. The summed E-state index contributed by atoms with van der Waals surface area (Å²) in [5.74, 6) is -0.138. The first-order valence-corrected chi connectivity index (χ1v) is 25.9. The minimum atomic E-state index is -3.11. The van der Waals surface area contributed by atoms with Crippen molar-refractivity contribution >= 4 is 84.7 Å². The Hall–Kier alpha value is -4.92. The van der Waals surface area contributed by atoms with E-state index in [-0.39, 0.29) is 84.2 Å². The molecule has 0 aliphatic carbocycles. The van der Waals surface area contributed by atoms with E-state index in [0.29, 0.717) is 22.3 Å². The van der Waals surface area contributed by atoms with E-state index in [1.54, 1.807) is 60.7 Å². The van der Waals surface area contributed by atoms with Crippen LogP contribution in [-0.4, -0.2) is 164 Å². The van der Waals surface area contributed by atoms with Crippen LogP contribution in [0.3, 0.4) is 0 Å². The molecule has 2 saturated heterocycles. The predicted octanol–water partition coefficient (Wildman–Crippen LogP) is 1.62. The zero-order chi connectivity index (χ0) is 56.6. The molecule has 6 heterocycles. The van der Waals surface area contributed by atoms with E-state index in [0.717, 1.165) is 0 Å². The van der Waals surface area contributed by atoms with Crippen LogP contribution >= 0.6 is 29.3 Å². The van der Waals surface area contributed by atoms with Crippen LogP contribution in [0.1, 0.15) is 41.4 Å². The molecule has 4 aromatic heterocycles. The molecule has 9 atom stereocenters. The summed E-state index contributed by atoms with van der Waals surface area (Å²) in [6, 6.07) is 17.4. The van der Waals surface area contributed by atoms with Gasteiger partial charge in [-0.2, -0.15) is 0 Å². The fraction of sp³-hybridized carbons (Fsp3) is 0.349. The molecule has 76 heavy (non-hydrogen) atoms. The van der Waals surface area contributed by atoms with Gasteiger partial charge in [0, 0.05) is 58.3 Å². The quantitative estimate of drug-likeness (QED) is 0.0144. The third-order valence-electron chi connectivity index (χ3n) is 10.2. The molecule has 2 aliphatic rings. The number of rotatable bonds is 17. The minimum absolute atomic E-state index is 0. The Kier molecular flexibility index (Phi) is 27.2. The van der Waals surface area contributed by atoms with Gasteiger partial charge in [0.05, 0.1) is 35.0 Å². The number of hydrogen-bond acceptors (Lipinski definition) is 21. The molecule has 2 fully saturated rings. The first kappa shape index (κ1) is 61.9. The summed E-state index contributed by atoms with van der Waals surface area (Å²) in [6.45, 7) is 10.8. The smallest absolute Gasteiger partial charge is 0.717 e. The minimum Gasteiger partial charge on any atom is -0.717 e. The molecule has 26 nitrogen and oxygen atoms in total. The summed E-state index contributed by atoms with van der Waals surface area (Å²) < 4.78 is 91.5. The molecule has 0 radical (unpaired) electrons. The van der Waals surface area contributed by atoms with Crippen molar-refractivity contribution in [3.05, 3.63) is 122 Å². The van der Waals surface area contributed by atoms with Gasteiger partial charge in [-0.05, 0) is 54.6 Å². The Bertz CT molecular complexity index is 2840. The topological polar surface area (TPSA) is 328 Å². The molecule has 33 heteroatoms. The third-order valence-corrected chi connectivity index (χ3v) is 11.4. The number of carbonyl (C=O) groups is 2. The maximum atomic E-state index is 15.4. The fourth-order valence-electron chi connectivity index (χ4n) is 7.31. The average molecular weight is 1150 g/mol. The number of aliphatic hydroxyl groups is 2. The molecule has 0 bridgehead atoms. The molecule has 2 amide bonds. The van der Waals surface area contributed by atoms with Crippen LogP contribution in [0.25, 0.3) is 22.3 Å². The first-order chi connectivity index (χ1) is 37.2. The molecule has 0 spiro atoms. The maximum absolute atomic E-state index is 15.4. The number of benzene rings is 2. The van der Waals surface area contributed by atoms with E-state index in [1.165, 1.54) is 57.4 Å². The van der Waals surface area contributed by atoms with Crippen molar-refractivity contribution in [1.29, 1.82) is 1.43 Å². The molecule has 8 rings (SSSR count). The Morgan fingerprint density at radius 1 is 0.895 bits per heavy atom. The van der Waals surface area contributed by atoms with E-state index in [1.807, 2.05) is 19.4 Å². The molecule has 6 aromatic rings. The summed E-state index contributed by atoms with van der Waals surface area (Å²) in [5, 5.41) is 26.3. The molecular formula is C43H52F2N10NaO16P2SSi+. The van der Waals surface area contributed by atoms with Gasteiger partial charge in [0.1, 0.15) is 24.9 Å². The molecule has 0 saturated carbocycles. The Morgan fingerprint density at radius 2 is 1.34 bits per heavy atom. The number of anilines is 2. The van der Waals surface area contributed by atoms with Gasteiger partial charge < -0.3 is 33.5 Å². The van der Waals surface area contributed by atoms with Crippen molar-refractivity contribution in [1.82, 2.24) is 39.0 Å². The molecule has 2 aromatic carbocycles. The number of carbonyl (C=O) groups excluding carboxylic acids is 2. The molecule has 2 aliphatic heterocycles. The predicted molar refractivity (Wildman–Crippen MR) is 268 cm³/mol. The number of fused-ring (bicyclic) bond motifs is 2. The van der Waals surface area contributed by atoms with Gasteiger partial charge >= 0.3 is 37.8 Å². The zero-order valence-corrected chi connectivity index (χ0v) is 46.5. The second-order valence-electron chi connectivity index (χ2n) is 14.9. The number of halogens is 2. The Balaban J connectivity index is 0.000000342. The van der Waals surface area contributed by atoms with Crippen LogP contribution in [0, 0.1) is 0 Å². The summed E-state index contributed by atoms with van der Waals surface area (Å²) in [6.07, 6.45) is -1.67. The van der Waals surface area contributed by atoms with Gasteiger partial charge in [0.15, 0.2) is 64.9 Å². The van der Waals surface area contributed by atoms with Gasteiger partial charge in [0.2, 0.25) is 1.43 Å². The van der Waals surface area contributed by atoms with Crippen LogP contribution < -0.4 is 39.4 Å². The number of alkyl halides is 2. The van der Waals surface area contributed by atoms with Crippen LogP contribution in [0.4, 0.5) is 20.4 Å². The Morgan fingerprint density at radius 3 is 1.71 bits per heavy atom. The zero-order valence-electron chi connectivity index (χ0n) is 42.9. The number of nitrogens with zero attached hydrogens (tertiary/aromatic N) is 10. The van der Waals surface area contributed by atoms with Crippen LogP contribution in [0.2, 0.25) is 0 Å². The Labute approximate surface area is 467 Å². The molecular weight excluding hydrogens is 1100 g/mol. The van der Waals surface area contributed by atoms with Crippen molar-refractivity contribution in [2.24, 2.45) is 0 Å². The van der Waals surface area contributed by atoms with Crippen LogP contribution in [-0.2, 0) is 42.0 Å². The standard InChI is InChI=1S/C22H25FN5O3P.C20H19FN5O6P.CH4O.Na.H2O4S.HO2Si/c1-5-11-27(21(29)15-9-7-6-8-10-15)19-17-20(25-12-24-19)28(13-26-17)22-16(23)18(14(2)30-22)31-32(3)4;1-2-8-25(19(28)12-6-4-3-5-7-12)17-15-18(23-10-22-17)26(11-24-15)20-14(21)16(32-33(29)30)13(9-27)31-20;1-2;;1-2-3-4-5;1-3-2/h5-10,12-14,16,18,22H,1,11H2,2-4H3;2-7,10-11,13-14,16,20,27H,1,8-9H2;2H,1H3;;1,5H;1H/q;;;+1;;-1/p+1/t14-,16-,18-,22?;13-,14-,16-,20?;;;;/m11..../s1/i2D;;2T;;;. The van der Waals surface area contributed by atoms with Crippen molar-refractivity contribution in [3.63, 3.8) is 0 Å². The largest absolute Gasteiger partial charge is 1.00 e. The summed E-state index contributed by atoms with van der Waals surface area (Å²) >= 11 is 2.99.